The van der Waals surface area contributed by atoms with Crippen molar-refractivity contribution in [2.45, 2.75) is 44.6 Å². The molecule has 1 fully saturated rings. The number of rotatable bonds is 6. The van der Waals surface area contributed by atoms with E-state index >= 15 is 0 Å². The summed E-state index contributed by atoms with van der Waals surface area (Å²) in [6.45, 7) is 2.33. The van der Waals surface area contributed by atoms with E-state index < -0.39 is 0 Å². The van der Waals surface area contributed by atoms with Crippen LogP contribution in [0.2, 0.25) is 0 Å². The highest BCUT2D eigenvalue weighted by molar-refractivity contribution is 4.76. The normalized spacial score (nSPS) is 27.2. The Morgan fingerprint density at radius 2 is 1.93 bits per heavy atom. The molecule has 3 heteroatoms. The fourth-order valence-electron chi connectivity index (χ4n) is 2.39. The number of aliphatic hydroxyl groups is 2. The molecular formula is C12H25NO2. The molecule has 0 amide bonds. The van der Waals surface area contributed by atoms with Gasteiger partial charge in [-0.2, -0.15) is 0 Å². The van der Waals surface area contributed by atoms with Gasteiger partial charge in [0.25, 0.3) is 0 Å². The number of nitrogens with zero attached hydrogens (tertiary/aromatic N) is 1. The van der Waals surface area contributed by atoms with Crippen LogP contribution in [0.1, 0.15) is 38.5 Å². The molecule has 1 aliphatic carbocycles. The lowest BCUT2D eigenvalue weighted by atomic mass is 9.86. The monoisotopic (exact) mass is 215 g/mol. The van der Waals surface area contributed by atoms with Crippen LogP contribution in [0, 0.1) is 5.92 Å². The molecule has 3 nitrogen and oxygen atoms in total. The van der Waals surface area contributed by atoms with Crippen LogP contribution < -0.4 is 0 Å². The molecule has 0 aromatic carbocycles. The van der Waals surface area contributed by atoms with Crippen molar-refractivity contribution in [3.05, 3.63) is 0 Å². The lowest BCUT2D eigenvalue weighted by Crippen LogP contribution is -2.35. The van der Waals surface area contributed by atoms with Crippen LogP contribution in [0.3, 0.4) is 0 Å². The van der Waals surface area contributed by atoms with E-state index in [1.807, 2.05) is 0 Å². The molecule has 1 aliphatic rings. The number of hydrogen-bond acceptors (Lipinski definition) is 3. The Hall–Kier alpha value is -0.120. The zero-order valence-corrected chi connectivity index (χ0v) is 9.86. The third kappa shape index (κ3) is 4.96. The maximum Gasteiger partial charge on any atom is 0.0580 e. The topological polar surface area (TPSA) is 43.7 Å². The highest BCUT2D eigenvalue weighted by atomic mass is 16.3. The molecule has 2 unspecified atom stereocenters. The third-order valence-corrected chi connectivity index (χ3v) is 3.36. The van der Waals surface area contributed by atoms with Crippen molar-refractivity contribution < 1.29 is 10.2 Å². The molecule has 0 aromatic rings. The molecule has 0 bridgehead atoms. The first-order valence-electron chi connectivity index (χ1n) is 6.21. The molecule has 0 spiro atoms. The molecule has 0 heterocycles. The van der Waals surface area contributed by atoms with Gasteiger partial charge in [-0.05, 0) is 45.2 Å². The largest absolute Gasteiger partial charge is 0.396 e. The van der Waals surface area contributed by atoms with E-state index in [-0.39, 0.29) is 6.10 Å². The molecule has 1 rings (SSSR count). The molecular weight excluding hydrogens is 190 g/mol. The Balaban J connectivity index is 2.15. The molecule has 90 valence electrons. The smallest absolute Gasteiger partial charge is 0.0580 e. The SMILES string of the molecule is CN(CCCCO)CC1CCCCC1O. The van der Waals surface area contributed by atoms with E-state index in [2.05, 4.69) is 11.9 Å². The first kappa shape index (κ1) is 12.9. The van der Waals surface area contributed by atoms with Crippen LogP contribution in [0.4, 0.5) is 0 Å². The van der Waals surface area contributed by atoms with Crippen LogP contribution in [0.15, 0.2) is 0 Å². The minimum absolute atomic E-state index is 0.0842. The summed E-state index contributed by atoms with van der Waals surface area (Å²) in [6, 6.07) is 0. The summed E-state index contributed by atoms with van der Waals surface area (Å²) in [4.78, 5) is 2.29. The summed E-state index contributed by atoms with van der Waals surface area (Å²) in [6.07, 6.45) is 6.46. The van der Waals surface area contributed by atoms with Crippen molar-refractivity contribution in [3.63, 3.8) is 0 Å². The second-order valence-electron chi connectivity index (χ2n) is 4.80. The summed E-state index contributed by atoms with van der Waals surface area (Å²) < 4.78 is 0. The quantitative estimate of drug-likeness (QED) is 0.655. The standard InChI is InChI=1S/C12H25NO2/c1-13(8-4-5-9-14)10-11-6-2-3-7-12(11)15/h11-12,14-15H,2-10H2,1H3. The van der Waals surface area contributed by atoms with E-state index in [0.29, 0.717) is 12.5 Å². The lowest BCUT2D eigenvalue weighted by molar-refractivity contribution is 0.0510. The number of hydrogen-bond donors (Lipinski definition) is 2. The third-order valence-electron chi connectivity index (χ3n) is 3.36. The summed E-state index contributed by atoms with van der Waals surface area (Å²) >= 11 is 0. The van der Waals surface area contributed by atoms with E-state index in [1.54, 1.807) is 0 Å². The van der Waals surface area contributed by atoms with Gasteiger partial charge < -0.3 is 15.1 Å². The maximum absolute atomic E-state index is 9.82. The fraction of sp³-hybridized carbons (Fsp3) is 1.00. The minimum atomic E-state index is -0.0842. The average molecular weight is 215 g/mol. The lowest BCUT2D eigenvalue weighted by Gasteiger charge is -2.31. The van der Waals surface area contributed by atoms with E-state index in [1.165, 1.54) is 19.3 Å². The molecule has 15 heavy (non-hydrogen) atoms. The first-order chi connectivity index (χ1) is 7.24. The van der Waals surface area contributed by atoms with Gasteiger partial charge in [0.15, 0.2) is 0 Å². The van der Waals surface area contributed by atoms with Crippen molar-refractivity contribution >= 4 is 0 Å². The predicted octanol–water partition coefficient (Wildman–Crippen LogP) is 1.24. The van der Waals surface area contributed by atoms with Gasteiger partial charge in [0.1, 0.15) is 0 Å². The van der Waals surface area contributed by atoms with Crippen LogP contribution in [-0.4, -0.2) is 48.0 Å². The van der Waals surface area contributed by atoms with Crippen molar-refractivity contribution in [3.8, 4) is 0 Å². The summed E-state index contributed by atoms with van der Waals surface area (Å²) in [5.41, 5.74) is 0. The van der Waals surface area contributed by atoms with Gasteiger partial charge in [0.2, 0.25) is 0 Å². The fourth-order valence-corrected chi connectivity index (χ4v) is 2.39. The summed E-state index contributed by atoms with van der Waals surface area (Å²) in [5.74, 6) is 0.470. The Morgan fingerprint density at radius 3 is 2.60 bits per heavy atom. The Labute approximate surface area is 93.1 Å². The van der Waals surface area contributed by atoms with Gasteiger partial charge in [-0.1, -0.05) is 12.8 Å². The summed E-state index contributed by atoms with van der Waals surface area (Å²) in [7, 11) is 2.11. The van der Waals surface area contributed by atoms with E-state index in [0.717, 1.165) is 32.4 Å². The van der Waals surface area contributed by atoms with Crippen molar-refractivity contribution in [1.82, 2.24) is 4.90 Å². The average Bonchev–Trinajstić information content (AvgIpc) is 2.22. The first-order valence-corrected chi connectivity index (χ1v) is 6.21. The molecule has 0 aromatic heterocycles. The van der Waals surface area contributed by atoms with Gasteiger partial charge in [0.05, 0.1) is 6.10 Å². The molecule has 2 atom stereocenters. The van der Waals surface area contributed by atoms with Gasteiger partial charge in [-0.3, -0.25) is 0 Å². The van der Waals surface area contributed by atoms with Crippen LogP contribution in [-0.2, 0) is 0 Å². The highest BCUT2D eigenvalue weighted by Crippen LogP contribution is 2.24. The van der Waals surface area contributed by atoms with Crippen LogP contribution >= 0.6 is 0 Å². The zero-order chi connectivity index (χ0) is 11.1. The van der Waals surface area contributed by atoms with Gasteiger partial charge >= 0.3 is 0 Å². The van der Waals surface area contributed by atoms with Crippen molar-refractivity contribution in [2.24, 2.45) is 5.92 Å². The second-order valence-corrected chi connectivity index (χ2v) is 4.80. The highest BCUT2D eigenvalue weighted by Gasteiger charge is 2.23. The number of unbranched alkanes of at least 4 members (excludes halogenated alkanes) is 1. The van der Waals surface area contributed by atoms with E-state index in [9.17, 15) is 5.11 Å². The van der Waals surface area contributed by atoms with Crippen LogP contribution in [0.25, 0.3) is 0 Å². The molecule has 0 radical (unpaired) electrons. The predicted molar refractivity (Wildman–Crippen MR) is 61.8 cm³/mol. The molecule has 0 saturated heterocycles. The molecule has 2 N–H and O–H groups in total. The van der Waals surface area contributed by atoms with Crippen LogP contribution in [0.5, 0.6) is 0 Å². The molecule has 1 saturated carbocycles. The zero-order valence-electron chi connectivity index (χ0n) is 9.86. The van der Waals surface area contributed by atoms with Gasteiger partial charge in [0, 0.05) is 13.2 Å². The Bertz CT molecular complexity index is 164. The second kappa shape index (κ2) is 7.20. The minimum Gasteiger partial charge on any atom is -0.396 e. The van der Waals surface area contributed by atoms with Gasteiger partial charge in [-0.25, -0.2) is 0 Å². The summed E-state index contributed by atoms with van der Waals surface area (Å²) in [5, 5.41) is 18.5. The van der Waals surface area contributed by atoms with Crippen molar-refractivity contribution in [2.75, 3.05) is 26.7 Å². The van der Waals surface area contributed by atoms with E-state index in [4.69, 9.17) is 5.11 Å². The van der Waals surface area contributed by atoms with Gasteiger partial charge in [-0.15, -0.1) is 0 Å². The van der Waals surface area contributed by atoms with Crippen molar-refractivity contribution in [1.29, 1.82) is 0 Å². The maximum atomic E-state index is 9.82. The molecule has 0 aliphatic heterocycles. The number of aliphatic hydroxyl groups excluding tert-OH is 2. The Morgan fingerprint density at radius 1 is 1.20 bits per heavy atom. The Kier molecular flexibility index (Phi) is 6.22.